The van der Waals surface area contributed by atoms with Gasteiger partial charge in [-0.25, -0.2) is 0 Å². The highest BCUT2D eigenvalue weighted by atomic mass is 127. The number of hydrogen-bond donors (Lipinski definition) is 2. The average Bonchev–Trinajstić information content (AvgIpc) is 2.28. The van der Waals surface area contributed by atoms with Crippen LogP contribution in [0, 0.1) is 3.57 Å². The number of nitrogen functional groups attached to an aromatic ring is 1. The Morgan fingerprint density at radius 2 is 1.72 bits per heavy atom. The van der Waals surface area contributed by atoms with E-state index in [0.717, 1.165) is 13.7 Å². The van der Waals surface area contributed by atoms with Crippen molar-refractivity contribution in [1.82, 2.24) is 0 Å². The average molecular weight is 458 g/mol. The zero-order chi connectivity index (χ0) is 13.3. The standard InChI is InChI=1S/C12H8BrCl2IN2/c13-8-2-1-6(16)3-11(8)18-12-9(14)4-7(17)5-10(12)15/h1-5,18H,17H2. The maximum atomic E-state index is 6.13. The fourth-order valence-electron chi connectivity index (χ4n) is 1.44. The molecule has 0 bridgehead atoms. The molecule has 0 saturated carbocycles. The Balaban J connectivity index is 2.43. The first-order chi connectivity index (χ1) is 8.47. The second-order valence-electron chi connectivity index (χ2n) is 3.61. The first-order valence-corrected chi connectivity index (χ1v) is 7.57. The molecule has 0 amide bonds. The number of benzene rings is 2. The van der Waals surface area contributed by atoms with Crippen LogP contribution in [0.1, 0.15) is 0 Å². The molecule has 6 heteroatoms. The number of halogens is 4. The van der Waals surface area contributed by atoms with Gasteiger partial charge in [-0.2, -0.15) is 0 Å². The van der Waals surface area contributed by atoms with E-state index in [0.29, 0.717) is 21.4 Å². The summed E-state index contributed by atoms with van der Waals surface area (Å²) >= 11 is 18.0. The fraction of sp³-hybridized carbons (Fsp3) is 0. The SMILES string of the molecule is Nc1cc(Cl)c(Nc2cc(I)ccc2Br)c(Cl)c1. The molecule has 0 aliphatic carbocycles. The molecule has 0 unspecified atom stereocenters. The van der Waals surface area contributed by atoms with E-state index in [1.807, 2.05) is 18.2 Å². The summed E-state index contributed by atoms with van der Waals surface area (Å²) in [6, 6.07) is 9.29. The van der Waals surface area contributed by atoms with Crippen LogP contribution in [-0.4, -0.2) is 0 Å². The fourth-order valence-corrected chi connectivity index (χ4v) is 2.88. The van der Waals surface area contributed by atoms with Crippen LogP contribution in [0.25, 0.3) is 0 Å². The molecular weight excluding hydrogens is 450 g/mol. The molecule has 2 aromatic rings. The molecule has 2 nitrogen and oxygen atoms in total. The highest BCUT2D eigenvalue weighted by molar-refractivity contribution is 14.1. The quantitative estimate of drug-likeness (QED) is 0.449. The predicted molar refractivity (Wildman–Crippen MR) is 91.0 cm³/mol. The molecule has 0 heterocycles. The van der Waals surface area contributed by atoms with E-state index in [1.165, 1.54) is 0 Å². The van der Waals surface area contributed by atoms with Gasteiger partial charge in [0.05, 0.1) is 21.4 Å². The molecule has 0 aliphatic rings. The van der Waals surface area contributed by atoms with Crippen LogP contribution in [0.5, 0.6) is 0 Å². The first-order valence-electron chi connectivity index (χ1n) is 4.94. The van der Waals surface area contributed by atoms with Gasteiger partial charge in [0.2, 0.25) is 0 Å². The van der Waals surface area contributed by atoms with Crippen molar-refractivity contribution >= 4 is 78.8 Å². The van der Waals surface area contributed by atoms with Gasteiger partial charge in [0, 0.05) is 13.7 Å². The lowest BCUT2D eigenvalue weighted by molar-refractivity contribution is 1.50. The molecule has 0 spiro atoms. The van der Waals surface area contributed by atoms with Gasteiger partial charge in [-0.3, -0.25) is 0 Å². The number of anilines is 3. The van der Waals surface area contributed by atoms with Gasteiger partial charge < -0.3 is 11.1 Å². The molecule has 3 N–H and O–H groups in total. The van der Waals surface area contributed by atoms with Crippen molar-refractivity contribution < 1.29 is 0 Å². The summed E-state index contributed by atoms with van der Waals surface area (Å²) in [5.74, 6) is 0. The monoisotopic (exact) mass is 456 g/mol. The Bertz CT molecular complexity index is 582. The molecule has 94 valence electrons. The Hall–Kier alpha value is -0.170. The van der Waals surface area contributed by atoms with E-state index in [4.69, 9.17) is 28.9 Å². The van der Waals surface area contributed by atoms with Gasteiger partial charge in [-0.1, -0.05) is 23.2 Å². The van der Waals surface area contributed by atoms with Crippen LogP contribution in [0.3, 0.4) is 0 Å². The zero-order valence-corrected chi connectivity index (χ0v) is 14.2. The van der Waals surface area contributed by atoms with Crippen molar-refractivity contribution in [3.8, 4) is 0 Å². The normalized spacial score (nSPS) is 10.4. The predicted octanol–water partition coefficient (Wildman–Crippen LogP) is 5.69. The minimum Gasteiger partial charge on any atom is -0.399 e. The van der Waals surface area contributed by atoms with Crippen molar-refractivity contribution in [3.63, 3.8) is 0 Å². The summed E-state index contributed by atoms with van der Waals surface area (Å²) < 4.78 is 2.05. The molecule has 2 aromatic carbocycles. The Morgan fingerprint density at radius 3 is 2.33 bits per heavy atom. The third-order valence-corrected chi connectivity index (χ3v) is 4.21. The minimum absolute atomic E-state index is 0.491. The molecule has 0 aliphatic heterocycles. The lowest BCUT2D eigenvalue weighted by Gasteiger charge is -2.13. The minimum atomic E-state index is 0.491. The van der Waals surface area contributed by atoms with Crippen molar-refractivity contribution in [1.29, 1.82) is 0 Å². The Labute approximate surface area is 137 Å². The molecule has 18 heavy (non-hydrogen) atoms. The number of rotatable bonds is 2. The van der Waals surface area contributed by atoms with Gasteiger partial charge in [0.25, 0.3) is 0 Å². The molecule has 0 saturated heterocycles. The topological polar surface area (TPSA) is 38.0 Å². The number of nitrogens with one attached hydrogen (secondary N) is 1. The summed E-state index contributed by atoms with van der Waals surface area (Å²) in [7, 11) is 0. The smallest absolute Gasteiger partial charge is 0.0764 e. The summed E-state index contributed by atoms with van der Waals surface area (Å²) in [6.07, 6.45) is 0. The molecule has 2 rings (SSSR count). The molecule has 0 radical (unpaired) electrons. The molecule has 0 atom stereocenters. The summed E-state index contributed by atoms with van der Waals surface area (Å²) in [5.41, 5.74) is 7.75. The van der Waals surface area contributed by atoms with Crippen LogP contribution < -0.4 is 11.1 Å². The van der Waals surface area contributed by atoms with Gasteiger partial charge in [0.1, 0.15) is 0 Å². The molecule has 0 aromatic heterocycles. The largest absolute Gasteiger partial charge is 0.399 e. The number of hydrogen-bond acceptors (Lipinski definition) is 2. The molecule has 0 fully saturated rings. The third-order valence-electron chi connectivity index (χ3n) is 2.25. The highest BCUT2D eigenvalue weighted by Gasteiger charge is 2.09. The van der Waals surface area contributed by atoms with Crippen LogP contribution in [0.15, 0.2) is 34.8 Å². The lowest BCUT2D eigenvalue weighted by atomic mass is 10.2. The highest BCUT2D eigenvalue weighted by Crippen LogP contribution is 2.37. The summed E-state index contributed by atoms with van der Waals surface area (Å²) in [6.45, 7) is 0. The van der Waals surface area contributed by atoms with E-state index >= 15 is 0 Å². The van der Waals surface area contributed by atoms with Crippen molar-refractivity contribution in [3.05, 3.63) is 48.4 Å². The van der Waals surface area contributed by atoms with Gasteiger partial charge in [-0.05, 0) is 68.9 Å². The van der Waals surface area contributed by atoms with Crippen LogP contribution in [-0.2, 0) is 0 Å². The Morgan fingerprint density at radius 1 is 1.11 bits per heavy atom. The van der Waals surface area contributed by atoms with E-state index in [-0.39, 0.29) is 0 Å². The third kappa shape index (κ3) is 3.23. The van der Waals surface area contributed by atoms with Crippen LogP contribution >= 0.6 is 61.7 Å². The van der Waals surface area contributed by atoms with E-state index in [2.05, 4.69) is 43.8 Å². The second-order valence-corrected chi connectivity index (χ2v) is 6.52. The van der Waals surface area contributed by atoms with E-state index < -0.39 is 0 Å². The lowest BCUT2D eigenvalue weighted by Crippen LogP contribution is -1.95. The van der Waals surface area contributed by atoms with Gasteiger partial charge in [-0.15, -0.1) is 0 Å². The second kappa shape index (κ2) is 5.86. The maximum Gasteiger partial charge on any atom is 0.0764 e. The summed E-state index contributed by atoms with van der Waals surface area (Å²) in [4.78, 5) is 0. The zero-order valence-electron chi connectivity index (χ0n) is 8.98. The van der Waals surface area contributed by atoms with Crippen molar-refractivity contribution in [2.45, 2.75) is 0 Å². The Kier molecular flexibility index (Phi) is 4.64. The van der Waals surface area contributed by atoms with Crippen molar-refractivity contribution in [2.75, 3.05) is 11.1 Å². The van der Waals surface area contributed by atoms with E-state index in [9.17, 15) is 0 Å². The molecular formula is C12H8BrCl2IN2. The maximum absolute atomic E-state index is 6.13. The van der Waals surface area contributed by atoms with Crippen LogP contribution in [0.2, 0.25) is 10.0 Å². The van der Waals surface area contributed by atoms with Crippen molar-refractivity contribution in [2.24, 2.45) is 0 Å². The van der Waals surface area contributed by atoms with Gasteiger partial charge >= 0.3 is 0 Å². The summed E-state index contributed by atoms with van der Waals surface area (Å²) in [5, 5.41) is 4.19. The van der Waals surface area contributed by atoms with E-state index in [1.54, 1.807) is 12.1 Å². The van der Waals surface area contributed by atoms with Crippen LogP contribution in [0.4, 0.5) is 17.1 Å². The van der Waals surface area contributed by atoms with Gasteiger partial charge in [0.15, 0.2) is 0 Å². The number of nitrogens with two attached hydrogens (primary N) is 1. The first kappa shape index (κ1) is 14.2.